The number of aryl methyl sites for hydroxylation is 1. The Morgan fingerprint density at radius 3 is 2.42 bits per heavy atom. The van der Waals surface area contributed by atoms with E-state index in [1.54, 1.807) is 22.0 Å². The lowest BCUT2D eigenvalue weighted by atomic mass is 9.90. The van der Waals surface area contributed by atoms with Gasteiger partial charge in [0, 0.05) is 38.1 Å². The fraction of sp³-hybridized carbons (Fsp3) is 0.400. The first-order chi connectivity index (χ1) is 21.7. The highest BCUT2D eigenvalue weighted by molar-refractivity contribution is 5.91. The van der Waals surface area contributed by atoms with Crippen LogP contribution in [0.3, 0.4) is 0 Å². The molecule has 2 N–H and O–H groups in total. The van der Waals surface area contributed by atoms with Crippen molar-refractivity contribution in [1.82, 2.24) is 35.0 Å². The van der Waals surface area contributed by atoms with Gasteiger partial charge in [0.1, 0.15) is 23.1 Å². The van der Waals surface area contributed by atoms with Crippen molar-refractivity contribution >= 4 is 17.8 Å². The largest absolute Gasteiger partial charge is 0.469 e. The first kappa shape index (κ1) is 30.2. The Hall–Kier alpha value is -4.79. The number of hydrogen-bond acceptors (Lipinski definition) is 9. The lowest BCUT2D eigenvalue weighted by Crippen LogP contribution is -2.49. The lowest BCUT2D eigenvalue weighted by molar-refractivity contribution is -0.142. The summed E-state index contributed by atoms with van der Waals surface area (Å²) in [6, 6.07) is 10.8. The van der Waals surface area contributed by atoms with E-state index in [4.69, 9.17) is 9.47 Å². The maximum Gasteiger partial charge on any atom is 0.423 e. The van der Waals surface area contributed by atoms with Crippen molar-refractivity contribution in [2.75, 3.05) is 23.4 Å². The number of carbonyl (C=O) groups is 1. The van der Waals surface area contributed by atoms with Crippen LogP contribution in [0.5, 0.6) is 5.88 Å². The number of amides is 2. The first-order valence-corrected chi connectivity index (χ1v) is 14.6. The average Bonchev–Trinajstić information content (AvgIpc) is 3.45. The van der Waals surface area contributed by atoms with Crippen molar-refractivity contribution in [2.24, 2.45) is 7.05 Å². The number of alkyl halides is 3. The Balaban J connectivity index is 1.15. The molecule has 2 amide bonds. The molecule has 15 heteroatoms. The van der Waals surface area contributed by atoms with Gasteiger partial charge in [0.25, 0.3) is 0 Å². The summed E-state index contributed by atoms with van der Waals surface area (Å²) in [6.45, 7) is 0.759. The Morgan fingerprint density at radius 2 is 1.80 bits per heavy atom. The minimum atomic E-state index is -4.65. The van der Waals surface area contributed by atoms with Gasteiger partial charge in [-0.1, -0.05) is 30.3 Å². The topological polar surface area (TPSA) is 132 Å². The molecule has 1 saturated carbocycles. The minimum absolute atomic E-state index is 0.0510. The number of anilines is 2. The SMILES string of the molecule is Cn1ccc(-c2cnc(N(C(=O)NCc3ccccc3)C3CCC(Nc4ncc(C(F)(F)F)c(OC5COC5)n4)CC3)cn2)n1. The van der Waals surface area contributed by atoms with Crippen molar-refractivity contribution in [3.8, 4) is 17.3 Å². The van der Waals surface area contributed by atoms with E-state index in [9.17, 15) is 18.0 Å². The number of rotatable bonds is 9. The van der Waals surface area contributed by atoms with E-state index in [0.29, 0.717) is 49.4 Å². The van der Waals surface area contributed by atoms with Gasteiger partial charge in [0.2, 0.25) is 11.8 Å². The molecule has 6 rings (SSSR count). The zero-order valence-corrected chi connectivity index (χ0v) is 24.4. The van der Waals surface area contributed by atoms with E-state index in [1.165, 1.54) is 0 Å². The molecular formula is C30H32F3N9O3. The standard InChI is InChI=1S/C30H32F3N9O3/c1-41-12-11-24(40-41)25-15-35-26(16-34-25)42(29(43)37-13-19-5-3-2-4-6-19)21-9-7-20(8-10-21)38-28-36-14-23(30(31,32)33)27(39-28)45-22-17-44-18-22/h2-6,11-12,14-16,20-22H,7-10,13,17-18H2,1H3,(H,37,43)(H,36,38,39). The van der Waals surface area contributed by atoms with Gasteiger partial charge < -0.3 is 20.1 Å². The van der Waals surface area contributed by atoms with Crippen LogP contribution in [-0.4, -0.2) is 67.1 Å². The smallest absolute Gasteiger partial charge is 0.423 e. The molecule has 4 aromatic rings. The van der Waals surface area contributed by atoms with E-state index < -0.39 is 23.7 Å². The Bertz CT molecular complexity index is 1590. The summed E-state index contributed by atoms with van der Waals surface area (Å²) in [5.74, 6) is -0.0596. The Morgan fingerprint density at radius 1 is 1.02 bits per heavy atom. The van der Waals surface area contributed by atoms with Gasteiger partial charge in [-0.3, -0.25) is 9.58 Å². The van der Waals surface area contributed by atoms with Gasteiger partial charge in [0.15, 0.2) is 5.82 Å². The average molecular weight is 624 g/mol. The third kappa shape index (κ3) is 7.30. The molecule has 12 nitrogen and oxygen atoms in total. The molecule has 1 aliphatic heterocycles. The van der Waals surface area contributed by atoms with Gasteiger partial charge in [-0.2, -0.15) is 23.3 Å². The van der Waals surface area contributed by atoms with Crippen molar-refractivity contribution < 1.29 is 27.4 Å². The first-order valence-electron chi connectivity index (χ1n) is 14.6. The highest BCUT2D eigenvalue weighted by Crippen LogP contribution is 2.36. The molecule has 3 aromatic heterocycles. The van der Waals surface area contributed by atoms with Gasteiger partial charge in [-0.05, 0) is 37.3 Å². The fourth-order valence-corrected chi connectivity index (χ4v) is 5.27. The number of carbonyl (C=O) groups excluding carboxylic acids is 1. The van der Waals surface area contributed by atoms with E-state index in [2.05, 4.69) is 35.7 Å². The summed E-state index contributed by atoms with van der Waals surface area (Å²) in [7, 11) is 1.82. The normalized spacial score (nSPS) is 18.6. The van der Waals surface area contributed by atoms with Gasteiger partial charge in [0.05, 0.1) is 25.6 Å². The summed E-state index contributed by atoms with van der Waals surface area (Å²) in [4.78, 5) is 32.3. The van der Waals surface area contributed by atoms with Crippen LogP contribution in [0.2, 0.25) is 0 Å². The molecule has 1 saturated heterocycles. The zero-order valence-electron chi connectivity index (χ0n) is 24.4. The van der Waals surface area contributed by atoms with Gasteiger partial charge in [-0.15, -0.1) is 0 Å². The highest BCUT2D eigenvalue weighted by atomic mass is 19.4. The van der Waals surface area contributed by atoms with Crippen LogP contribution in [0, 0.1) is 0 Å². The molecular weight excluding hydrogens is 591 g/mol. The van der Waals surface area contributed by atoms with Crippen LogP contribution in [0.4, 0.5) is 29.7 Å². The molecule has 0 spiro atoms. The molecule has 45 heavy (non-hydrogen) atoms. The molecule has 0 bridgehead atoms. The summed E-state index contributed by atoms with van der Waals surface area (Å²) >= 11 is 0. The maximum atomic E-state index is 13.6. The van der Waals surface area contributed by atoms with Crippen molar-refractivity contribution in [1.29, 1.82) is 0 Å². The third-order valence-corrected chi connectivity index (χ3v) is 7.71. The predicted octanol–water partition coefficient (Wildman–Crippen LogP) is 4.60. The molecule has 1 aromatic carbocycles. The molecule has 0 atom stereocenters. The Labute approximate surface area is 257 Å². The second-order valence-electron chi connectivity index (χ2n) is 11.0. The third-order valence-electron chi connectivity index (χ3n) is 7.71. The van der Waals surface area contributed by atoms with E-state index in [0.717, 1.165) is 11.8 Å². The summed E-state index contributed by atoms with van der Waals surface area (Å²) in [5.41, 5.74) is 1.18. The monoisotopic (exact) mass is 623 g/mol. The van der Waals surface area contributed by atoms with Crippen molar-refractivity contribution in [2.45, 2.75) is 56.6 Å². The van der Waals surface area contributed by atoms with E-state index in [-0.39, 0.29) is 37.3 Å². The summed E-state index contributed by atoms with van der Waals surface area (Å²) in [6.07, 6.45) is 3.01. The molecule has 0 unspecified atom stereocenters. The van der Waals surface area contributed by atoms with Crippen LogP contribution in [0.1, 0.15) is 36.8 Å². The lowest BCUT2D eigenvalue weighted by Gasteiger charge is -2.36. The van der Waals surface area contributed by atoms with Crippen LogP contribution in [0.15, 0.2) is 61.2 Å². The number of ether oxygens (including phenoxy) is 2. The quantitative estimate of drug-likeness (QED) is 0.275. The summed E-state index contributed by atoms with van der Waals surface area (Å²) < 4.78 is 52.7. The minimum Gasteiger partial charge on any atom is -0.469 e. The molecule has 0 radical (unpaired) electrons. The maximum absolute atomic E-state index is 13.6. The number of benzene rings is 1. The number of hydrogen-bond donors (Lipinski definition) is 2. The predicted molar refractivity (Wildman–Crippen MR) is 157 cm³/mol. The second-order valence-corrected chi connectivity index (χ2v) is 11.0. The van der Waals surface area contributed by atoms with E-state index in [1.807, 2.05) is 49.6 Å². The van der Waals surface area contributed by atoms with Crippen LogP contribution >= 0.6 is 0 Å². The number of aromatic nitrogens is 6. The molecule has 2 aliphatic rings. The second kappa shape index (κ2) is 13.1. The highest BCUT2D eigenvalue weighted by Gasteiger charge is 2.38. The Kier molecular flexibility index (Phi) is 8.78. The molecule has 1 aliphatic carbocycles. The number of urea groups is 1. The molecule has 236 valence electrons. The van der Waals surface area contributed by atoms with Crippen LogP contribution in [0.25, 0.3) is 11.4 Å². The van der Waals surface area contributed by atoms with Crippen molar-refractivity contribution in [3.63, 3.8) is 0 Å². The number of halogens is 3. The fourth-order valence-electron chi connectivity index (χ4n) is 5.27. The zero-order chi connectivity index (χ0) is 31.4. The van der Waals surface area contributed by atoms with Crippen LogP contribution in [-0.2, 0) is 24.5 Å². The number of nitrogens with one attached hydrogen (secondary N) is 2. The molecule has 4 heterocycles. The van der Waals surface area contributed by atoms with Crippen molar-refractivity contribution in [3.05, 3.63) is 72.3 Å². The van der Waals surface area contributed by atoms with E-state index >= 15 is 0 Å². The van der Waals surface area contributed by atoms with Gasteiger partial charge >= 0.3 is 12.2 Å². The van der Waals surface area contributed by atoms with Crippen LogP contribution < -0.4 is 20.3 Å². The van der Waals surface area contributed by atoms with Gasteiger partial charge in [-0.25, -0.2) is 19.7 Å². The molecule has 2 fully saturated rings. The summed E-state index contributed by atoms with van der Waals surface area (Å²) in [5, 5.41) is 10.5. The number of nitrogens with zero attached hydrogens (tertiary/aromatic N) is 7.